The van der Waals surface area contributed by atoms with Crippen LogP contribution in [0.25, 0.3) is 0 Å². The first-order chi connectivity index (χ1) is 19.6. The Bertz CT molecular complexity index is 1550. The van der Waals surface area contributed by atoms with E-state index in [1.807, 2.05) is 0 Å². The summed E-state index contributed by atoms with van der Waals surface area (Å²) in [6.45, 7) is -0.707. The minimum Gasteiger partial charge on any atom is -0.340 e. The van der Waals surface area contributed by atoms with Crippen molar-refractivity contribution in [1.82, 2.24) is 4.90 Å². The predicted octanol–water partition coefficient (Wildman–Crippen LogP) is 5.62. The number of hydrogen-bond acceptors (Lipinski definition) is 5. The number of carbonyl (C=O) groups excluding carboxylic acids is 1. The maximum absolute atomic E-state index is 14.7. The highest BCUT2D eigenvalue weighted by molar-refractivity contribution is 7.92. The lowest BCUT2D eigenvalue weighted by Gasteiger charge is -2.33. The Kier molecular flexibility index (Phi) is 8.48. The van der Waals surface area contributed by atoms with E-state index >= 15 is 0 Å². The maximum Gasteiger partial charge on any atom is 0.435 e. The lowest BCUT2D eigenvalue weighted by atomic mass is 9.88. The van der Waals surface area contributed by atoms with Gasteiger partial charge in [-0.05, 0) is 61.9 Å². The minimum absolute atomic E-state index is 0.162. The van der Waals surface area contributed by atoms with Gasteiger partial charge >= 0.3 is 18.0 Å². The normalized spacial score (nSPS) is 24.3. The Labute approximate surface area is 242 Å². The number of nitrogens with zero attached hydrogens (tertiary/aromatic N) is 1. The second-order valence-corrected chi connectivity index (χ2v) is 15.6. The molecule has 0 bridgehead atoms. The Balaban J connectivity index is 1.74. The lowest BCUT2D eigenvalue weighted by Crippen LogP contribution is -2.50. The smallest absolute Gasteiger partial charge is 0.340 e. The Hall–Kier alpha value is -2.75. The van der Waals surface area contributed by atoms with Crippen molar-refractivity contribution in [3.05, 3.63) is 65.5 Å². The molecular weight excluding hydrogens is 634 g/mol. The number of alkyl halides is 7. The molecule has 1 saturated carbocycles. The fourth-order valence-electron chi connectivity index (χ4n) is 5.91. The third kappa shape index (κ3) is 5.76. The number of hydrogen-bond donors (Lipinski definition) is 0. The molecule has 0 N–H and O–H groups in total. The van der Waals surface area contributed by atoms with Crippen LogP contribution in [-0.4, -0.2) is 64.6 Å². The first kappa shape index (κ1) is 33.1. The zero-order valence-electron chi connectivity index (χ0n) is 22.6. The topological polar surface area (TPSA) is 88.6 Å². The summed E-state index contributed by atoms with van der Waals surface area (Å²) in [5.74, 6) is -1.88. The van der Waals surface area contributed by atoms with E-state index in [0.29, 0.717) is 12.1 Å². The van der Waals surface area contributed by atoms with Crippen molar-refractivity contribution < 1.29 is 56.8 Å². The van der Waals surface area contributed by atoms with Crippen LogP contribution in [0.15, 0.2) is 53.4 Å². The summed E-state index contributed by atoms with van der Waals surface area (Å²) in [6, 6.07) is 5.35. The van der Waals surface area contributed by atoms with Crippen LogP contribution >= 0.6 is 0 Å². The lowest BCUT2D eigenvalue weighted by molar-refractivity contribution is -0.348. The molecule has 1 saturated heterocycles. The summed E-state index contributed by atoms with van der Waals surface area (Å²) in [5.41, 5.74) is -7.83. The van der Waals surface area contributed by atoms with Gasteiger partial charge in [-0.1, -0.05) is 24.3 Å². The second kappa shape index (κ2) is 11.0. The first-order valence-electron chi connectivity index (χ1n) is 13.1. The van der Waals surface area contributed by atoms with Gasteiger partial charge in [0.25, 0.3) is 0 Å². The van der Waals surface area contributed by atoms with Crippen molar-refractivity contribution in [3.8, 4) is 0 Å². The molecule has 1 atom stereocenters. The van der Waals surface area contributed by atoms with Crippen LogP contribution < -0.4 is 0 Å². The number of carbonyl (C=O) groups is 1. The number of halogens is 8. The first-order valence-corrected chi connectivity index (χ1v) is 16.5. The molecule has 1 aliphatic carbocycles. The molecule has 43 heavy (non-hydrogen) atoms. The monoisotopic (exact) mass is 661 g/mol. The third-order valence-corrected chi connectivity index (χ3v) is 12.6. The zero-order chi connectivity index (χ0) is 32.2. The van der Waals surface area contributed by atoms with Crippen molar-refractivity contribution in [2.75, 3.05) is 19.3 Å². The molecule has 6 nitrogen and oxygen atoms in total. The molecule has 2 fully saturated rings. The second-order valence-electron chi connectivity index (χ2n) is 11.0. The molecule has 238 valence electrons. The summed E-state index contributed by atoms with van der Waals surface area (Å²) in [4.78, 5) is 14.2. The molecule has 0 aromatic heterocycles. The quantitative estimate of drug-likeness (QED) is 0.296. The molecular formula is C27H27F8NO5S2. The largest absolute Gasteiger partial charge is 0.435 e. The highest BCUT2D eigenvalue weighted by Gasteiger charge is 2.73. The van der Waals surface area contributed by atoms with Crippen molar-refractivity contribution in [2.24, 2.45) is 5.92 Å². The van der Waals surface area contributed by atoms with Gasteiger partial charge < -0.3 is 4.90 Å². The average Bonchev–Trinajstić information content (AvgIpc) is 3.38. The summed E-state index contributed by atoms with van der Waals surface area (Å²) in [5, 5.41) is -0.623. The van der Waals surface area contributed by atoms with Crippen LogP contribution in [0.3, 0.4) is 0 Å². The number of likely N-dealkylation sites (tertiary alicyclic amines) is 1. The summed E-state index contributed by atoms with van der Waals surface area (Å²) in [7, 11) is -7.91. The van der Waals surface area contributed by atoms with Gasteiger partial charge in [0, 0.05) is 30.8 Å². The predicted molar refractivity (Wildman–Crippen MR) is 138 cm³/mol. The Morgan fingerprint density at radius 2 is 1.33 bits per heavy atom. The summed E-state index contributed by atoms with van der Waals surface area (Å²) in [6.07, 6.45) is -11.1. The molecule has 0 unspecified atom stereocenters. The van der Waals surface area contributed by atoms with Gasteiger partial charge in [-0.25, -0.2) is 25.6 Å². The molecule has 1 aliphatic heterocycles. The van der Waals surface area contributed by atoms with Gasteiger partial charge in [0.15, 0.2) is 9.84 Å². The van der Waals surface area contributed by atoms with Gasteiger partial charge in [-0.2, -0.15) is 26.3 Å². The van der Waals surface area contributed by atoms with E-state index in [-0.39, 0.29) is 56.3 Å². The molecule has 2 aliphatic rings. The Morgan fingerprint density at radius 1 is 0.814 bits per heavy atom. The van der Waals surface area contributed by atoms with Crippen molar-refractivity contribution in [3.63, 3.8) is 0 Å². The van der Waals surface area contributed by atoms with Crippen LogP contribution in [0.4, 0.5) is 35.1 Å². The van der Waals surface area contributed by atoms with Gasteiger partial charge in [0.1, 0.15) is 20.4 Å². The SMILES string of the molecule is CS(=O)(=O)C1CCC(C(=O)N2CC[C@](c3ccc(C(F)(C(F)(F)F)C(F)(F)F)cc3)(S(=O)(=O)c3ccc(F)cc3)C2)CC1. The number of benzene rings is 2. The molecule has 0 spiro atoms. The number of amides is 1. The molecule has 1 amide bonds. The van der Waals surface area contributed by atoms with Crippen molar-refractivity contribution >= 4 is 25.6 Å². The highest BCUT2D eigenvalue weighted by atomic mass is 32.2. The van der Waals surface area contributed by atoms with Gasteiger partial charge in [-0.15, -0.1) is 0 Å². The molecule has 2 aromatic carbocycles. The van der Waals surface area contributed by atoms with E-state index in [1.54, 1.807) is 0 Å². The zero-order valence-corrected chi connectivity index (χ0v) is 24.2. The minimum atomic E-state index is -6.38. The molecule has 1 heterocycles. The molecule has 16 heteroatoms. The highest BCUT2D eigenvalue weighted by Crippen LogP contribution is 2.54. The van der Waals surface area contributed by atoms with Gasteiger partial charge in [0.2, 0.25) is 5.91 Å². The van der Waals surface area contributed by atoms with E-state index in [0.717, 1.165) is 30.5 Å². The standard InChI is InChI=1S/C27H27F8NO5S2/c1-42(38,39)21-10-2-17(3-11-21)23(37)36-15-14-24(16-36,43(40,41)22-12-8-20(28)9-13-22)18-4-6-19(7-5-18)25(29,26(30,31)32)27(33,34)35/h4-9,12-13,17,21H,2-3,10-11,14-16H2,1H3/t17?,21?,24-/m0/s1. The Morgan fingerprint density at radius 3 is 1.79 bits per heavy atom. The van der Waals surface area contributed by atoms with E-state index in [1.165, 1.54) is 4.90 Å². The maximum atomic E-state index is 14.7. The number of rotatable bonds is 6. The van der Waals surface area contributed by atoms with Crippen LogP contribution in [-0.2, 0) is 34.9 Å². The molecule has 4 rings (SSSR count). The third-order valence-electron chi connectivity index (χ3n) is 8.40. The average molecular weight is 662 g/mol. The van der Waals surface area contributed by atoms with Crippen molar-refractivity contribution in [1.29, 1.82) is 0 Å². The van der Waals surface area contributed by atoms with E-state index in [4.69, 9.17) is 0 Å². The summed E-state index contributed by atoms with van der Waals surface area (Å²) >= 11 is 0. The fraction of sp³-hybridized carbons (Fsp3) is 0.519. The van der Waals surface area contributed by atoms with Crippen LogP contribution in [0.2, 0.25) is 0 Å². The van der Waals surface area contributed by atoms with Gasteiger partial charge in [-0.3, -0.25) is 4.79 Å². The van der Waals surface area contributed by atoms with Crippen LogP contribution in [0.5, 0.6) is 0 Å². The molecule has 0 radical (unpaired) electrons. The van der Waals surface area contributed by atoms with Crippen molar-refractivity contribution in [2.45, 2.75) is 65.0 Å². The molecule has 2 aromatic rings. The summed E-state index contributed by atoms with van der Waals surface area (Å²) < 4.78 is 158. The van der Waals surface area contributed by atoms with E-state index in [2.05, 4.69) is 0 Å². The van der Waals surface area contributed by atoms with Crippen LogP contribution in [0, 0.1) is 11.7 Å². The van der Waals surface area contributed by atoms with Crippen LogP contribution in [0.1, 0.15) is 43.2 Å². The number of sulfone groups is 2. The fourth-order valence-corrected chi connectivity index (χ4v) is 9.11. The van der Waals surface area contributed by atoms with Gasteiger partial charge in [0.05, 0.1) is 10.1 Å². The van der Waals surface area contributed by atoms with E-state index in [9.17, 15) is 56.8 Å². The van der Waals surface area contributed by atoms with E-state index < -0.39 is 82.3 Å².